The SMILES string of the molecule is CCC(O)(c1cccnc1)C(F)(F)F. The van der Waals surface area contributed by atoms with Crippen LogP contribution in [0, 0.1) is 0 Å². The van der Waals surface area contributed by atoms with E-state index in [0.29, 0.717) is 0 Å². The lowest BCUT2D eigenvalue weighted by Crippen LogP contribution is -2.41. The van der Waals surface area contributed by atoms with Crippen LogP contribution in [0.2, 0.25) is 0 Å². The second kappa shape index (κ2) is 3.57. The summed E-state index contributed by atoms with van der Waals surface area (Å²) in [6.45, 7) is 1.28. The zero-order chi connectivity index (χ0) is 10.8. The number of pyridine rings is 1. The maximum absolute atomic E-state index is 12.5. The van der Waals surface area contributed by atoms with Gasteiger partial charge < -0.3 is 5.11 Å². The van der Waals surface area contributed by atoms with Crippen molar-refractivity contribution in [3.63, 3.8) is 0 Å². The number of alkyl halides is 3. The number of hydrogen-bond donors (Lipinski definition) is 1. The molecule has 0 amide bonds. The van der Waals surface area contributed by atoms with Crippen LogP contribution < -0.4 is 0 Å². The monoisotopic (exact) mass is 205 g/mol. The number of nitrogens with zero attached hydrogens (tertiary/aromatic N) is 1. The molecule has 0 bridgehead atoms. The Kier molecular flexibility index (Phi) is 2.80. The van der Waals surface area contributed by atoms with E-state index in [4.69, 9.17) is 0 Å². The summed E-state index contributed by atoms with van der Waals surface area (Å²) < 4.78 is 37.5. The van der Waals surface area contributed by atoms with Gasteiger partial charge in [-0.25, -0.2) is 0 Å². The molecule has 5 heteroatoms. The molecule has 0 saturated heterocycles. The first-order valence-corrected chi connectivity index (χ1v) is 4.11. The van der Waals surface area contributed by atoms with E-state index in [1.54, 1.807) is 0 Å². The maximum atomic E-state index is 12.5. The number of hydrogen-bond acceptors (Lipinski definition) is 2. The molecule has 78 valence electrons. The normalized spacial score (nSPS) is 16.4. The van der Waals surface area contributed by atoms with Crippen LogP contribution in [0.1, 0.15) is 18.9 Å². The van der Waals surface area contributed by atoms with Crippen LogP contribution in [0.3, 0.4) is 0 Å². The van der Waals surface area contributed by atoms with Crippen molar-refractivity contribution in [2.24, 2.45) is 0 Å². The van der Waals surface area contributed by atoms with Gasteiger partial charge in [0.25, 0.3) is 0 Å². The first-order chi connectivity index (χ1) is 6.42. The van der Waals surface area contributed by atoms with E-state index in [1.165, 1.54) is 25.3 Å². The maximum Gasteiger partial charge on any atom is 0.421 e. The smallest absolute Gasteiger partial charge is 0.376 e. The third kappa shape index (κ3) is 1.72. The third-order valence-electron chi connectivity index (χ3n) is 2.12. The van der Waals surface area contributed by atoms with E-state index >= 15 is 0 Å². The van der Waals surface area contributed by atoms with Crippen molar-refractivity contribution in [1.82, 2.24) is 4.98 Å². The molecule has 0 aromatic carbocycles. The summed E-state index contributed by atoms with van der Waals surface area (Å²) in [7, 11) is 0. The fraction of sp³-hybridized carbons (Fsp3) is 0.444. The number of halogens is 3. The molecule has 2 nitrogen and oxygen atoms in total. The molecule has 1 unspecified atom stereocenters. The molecule has 1 aromatic heterocycles. The van der Waals surface area contributed by atoms with Crippen LogP contribution in [0.15, 0.2) is 24.5 Å². The van der Waals surface area contributed by atoms with Crippen molar-refractivity contribution in [2.75, 3.05) is 0 Å². The van der Waals surface area contributed by atoms with Crippen LogP contribution >= 0.6 is 0 Å². The molecular weight excluding hydrogens is 195 g/mol. The first kappa shape index (κ1) is 11.0. The molecule has 0 aliphatic heterocycles. The molecule has 1 N–H and O–H groups in total. The first-order valence-electron chi connectivity index (χ1n) is 4.11. The van der Waals surface area contributed by atoms with Gasteiger partial charge in [0.15, 0.2) is 5.60 Å². The molecule has 1 atom stereocenters. The van der Waals surface area contributed by atoms with Gasteiger partial charge in [-0.15, -0.1) is 0 Å². The molecule has 1 rings (SSSR count). The fourth-order valence-electron chi connectivity index (χ4n) is 1.18. The predicted octanol–water partition coefficient (Wildman–Crippen LogP) is 2.24. The van der Waals surface area contributed by atoms with Gasteiger partial charge in [0, 0.05) is 18.0 Å². The summed E-state index contributed by atoms with van der Waals surface area (Å²) in [4.78, 5) is 3.55. The summed E-state index contributed by atoms with van der Waals surface area (Å²) >= 11 is 0. The molecule has 0 radical (unpaired) electrons. The molecule has 0 spiro atoms. The minimum Gasteiger partial charge on any atom is -0.376 e. The average Bonchev–Trinajstić information content (AvgIpc) is 2.16. The van der Waals surface area contributed by atoms with Crippen molar-refractivity contribution in [2.45, 2.75) is 25.1 Å². The highest BCUT2D eigenvalue weighted by Gasteiger charge is 2.53. The standard InChI is InChI=1S/C9H10F3NO/c1-2-8(14,9(10,11)12)7-4-3-5-13-6-7/h3-6,14H,2H2,1H3. The van der Waals surface area contributed by atoms with Gasteiger partial charge in [-0.3, -0.25) is 4.98 Å². The van der Waals surface area contributed by atoms with Gasteiger partial charge in [0.2, 0.25) is 0 Å². The largest absolute Gasteiger partial charge is 0.421 e. The number of aromatic nitrogens is 1. The highest BCUT2D eigenvalue weighted by molar-refractivity contribution is 5.19. The summed E-state index contributed by atoms with van der Waals surface area (Å²) in [6, 6.07) is 2.58. The van der Waals surface area contributed by atoms with E-state index < -0.39 is 18.2 Å². The summed E-state index contributed by atoms with van der Waals surface area (Å²) in [6.07, 6.45) is -2.72. The van der Waals surface area contributed by atoms with E-state index in [0.717, 1.165) is 6.20 Å². The van der Waals surface area contributed by atoms with Crippen LogP contribution in [-0.2, 0) is 5.60 Å². The second-order valence-corrected chi connectivity index (χ2v) is 2.95. The lowest BCUT2D eigenvalue weighted by atomic mass is 9.92. The summed E-state index contributed by atoms with van der Waals surface area (Å²) in [5.74, 6) is 0. The Morgan fingerprint density at radius 2 is 2.07 bits per heavy atom. The molecule has 14 heavy (non-hydrogen) atoms. The van der Waals surface area contributed by atoms with E-state index in [-0.39, 0.29) is 5.56 Å². The van der Waals surface area contributed by atoms with Crippen LogP contribution in [0.4, 0.5) is 13.2 Å². The third-order valence-corrected chi connectivity index (χ3v) is 2.12. The van der Waals surface area contributed by atoms with Crippen molar-refractivity contribution < 1.29 is 18.3 Å². The van der Waals surface area contributed by atoms with Crippen molar-refractivity contribution in [3.05, 3.63) is 30.1 Å². The van der Waals surface area contributed by atoms with Crippen LogP contribution in [-0.4, -0.2) is 16.3 Å². The Morgan fingerprint density at radius 1 is 1.43 bits per heavy atom. The minimum atomic E-state index is -4.68. The minimum absolute atomic E-state index is 0.227. The quantitative estimate of drug-likeness (QED) is 0.803. The summed E-state index contributed by atoms with van der Waals surface area (Å²) in [5.41, 5.74) is -3.02. The summed E-state index contributed by atoms with van der Waals surface area (Å²) in [5, 5.41) is 9.46. The van der Waals surface area contributed by atoms with Crippen molar-refractivity contribution >= 4 is 0 Å². The molecule has 0 fully saturated rings. The Bertz CT molecular complexity index is 299. The van der Waals surface area contributed by atoms with Crippen LogP contribution in [0.25, 0.3) is 0 Å². The van der Waals surface area contributed by atoms with Crippen molar-refractivity contribution in [1.29, 1.82) is 0 Å². The van der Waals surface area contributed by atoms with E-state index in [2.05, 4.69) is 4.98 Å². The molecule has 1 aromatic rings. The molecular formula is C9H10F3NO. The fourth-order valence-corrected chi connectivity index (χ4v) is 1.18. The topological polar surface area (TPSA) is 33.1 Å². The van der Waals surface area contributed by atoms with E-state index in [9.17, 15) is 18.3 Å². The lowest BCUT2D eigenvalue weighted by molar-refractivity contribution is -0.267. The second-order valence-electron chi connectivity index (χ2n) is 2.95. The number of aliphatic hydroxyl groups is 1. The van der Waals surface area contributed by atoms with Crippen LogP contribution in [0.5, 0.6) is 0 Å². The lowest BCUT2D eigenvalue weighted by Gasteiger charge is -2.29. The molecule has 1 heterocycles. The van der Waals surface area contributed by atoms with Gasteiger partial charge in [0.1, 0.15) is 0 Å². The Hall–Kier alpha value is -1.10. The predicted molar refractivity (Wildman–Crippen MR) is 44.5 cm³/mol. The highest BCUT2D eigenvalue weighted by Crippen LogP contribution is 2.40. The molecule has 0 aliphatic rings. The average molecular weight is 205 g/mol. The Morgan fingerprint density at radius 3 is 2.43 bits per heavy atom. The van der Waals surface area contributed by atoms with Gasteiger partial charge in [-0.1, -0.05) is 13.0 Å². The van der Waals surface area contributed by atoms with Gasteiger partial charge in [-0.2, -0.15) is 13.2 Å². The van der Waals surface area contributed by atoms with E-state index in [1.807, 2.05) is 0 Å². The van der Waals surface area contributed by atoms with Gasteiger partial charge in [0.05, 0.1) is 0 Å². The van der Waals surface area contributed by atoms with Crippen molar-refractivity contribution in [3.8, 4) is 0 Å². The zero-order valence-corrected chi connectivity index (χ0v) is 7.54. The zero-order valence-electron chi connectivity index (χ0n) is 7.54. The number of rotatable bonds is 2. The molecule has 0 aliphatic carbocycles. The highest BCUT2D eigenvalue weighted by atomic mass is 19.4. The Labute approximate surface area is 79.4 Å². The molecule has 0 saturated carbocycles. The Balaban J connectivity index is 3.15. The van der Waals surface area contributed by atoms with Gasteiger partial charge in [-0.05, 0) is 12.5 Å². The van der Waals surface area contributed by atoms with Gasteiger partial charge >= 0.3 is 6.18 Å².